The van der Waals surface area contributed by atoms with E-state index in [9.17, 15) is 0 Å². The Kier molecular flexibility index (Phi) is 5.21. The highest BCUT2D eigenvalue weighted by molar-refractivity contribution is 7.80. The van der Waals surface area contributed by atoms with E-state index >= 15 is 0 Å². The van der Waals surface area contributed by atoms with Gasteiger partial charge in [0.1, 0.15) is 5.82 Å². The molecule has 0 fully saturated rings. The monoisotopic (exact) mass is 407 g/mol. The van der Waals surface area contributed by atoms with Crippen LogP contribution < -0.4 is 20.1 Å². The van der Waals surface area contributed by atoms with Crippen LogP contribution in [0.4, 0.5) is 11.5 Å². The van der Waals surface area contributed by atoms with E-state index in [-0.39, 0.29) is 0 Å². The average Bonchev–Trinajstić information content (AvgIpc) is 3.18. The van der Waals surface area contributed by atoms with Gasteiger partial charge in [-0.15, -0.1) is 0 Å². The molecule has 2 N–H and O–H groups in total. The summed E-state index contributed by atoms with van der Waals surface area (Å²) in [4.78, 5) is 12.9. The lowest BCUT2D eigenvalue weighted by molar-refractivity contribution is 0.355. The minimum atomic E-state index is 0.376. The number of hydrogen-bond donors (Lipinski definition) is 2. The quantitative estimate of drug-likeness (QED) is 0.474. The fraction of sp³-hybridized carbons (Fsp3) is 0.100. The molecule has 0 bridgehead atoms. The Morgan fingerprint density at radius 3 is 2.62 bits per heavy atom. The molecule has 3 heterocycles. The molecule has 0 amide bonds. The predicted molar refractivity (Wildman–Crippen MR) is 114 cm³/mol. The van der Waals surface area contributed by atoms with E-state index in [1.54, 1.807) is 56.9 Å². The Labute approximate surface area is 171 Å². The summed E-state index contributed by atoms with van der Waals surface area (Å²) in [7, 11) is 3.16. The smallest absolute Gasteiger partial charge is 0.229 e. The molecule has 0 saturated carbocycles. The lowest BCUT2D eigenvalue weighted by atomic mass is 10.2. The highest BCUT2D eigenvalue weighted by Crippen LogP contribution is 2.30. The van der Waals surface area contributed by atoms with Crippen molar-refractivity contribution in [3.8, 4) is 23.0 Å². The average molecular weight is 407 g/mol. The lowest BCUT2D eigenvalue weighted by Gasteiger charge is -2.13. The molecule has 1 aromatic carbocycles. The molecule has 146 valence electrons. The van der Waals surface area contributed by atoms with Gasteiger partial charge in [-0.25, -0.2) is 9.97 Å². The Hall–Kier alpha value is -3.72. The zero-order valence-corrected chi connectivity index (χ0v) is 16.5. The predicted octanol–water partition coefficient (Wildman–Crippen LogP) is 4.11. The maximum atomic E-state index is 5.75. The first kappa shape index (κ1) is 18.6. The Balaban J connectivity index is 1.49. The number of oxazole rings is 1. The summed E-state index contributed by atoms with van der Waals surface area (Å²) in [5, 5.41) is 6.52. The number of thiocarbonyl (C=S) groups is 1. The van der Waals surface area contributed by atoms with Gasteiger partial charge < -0.3 is 24.5 Å². The minimum Gasteiger partial charge on any atom is -0.493 e. The molecule has 0 aliphatic heterocycles. The van der Waals surface area contributed by atoms with E-state index in [1.807, 2.05) is 12.1 Å². The first-order valence-corrected chi connectivity index (χ1v) is 9.05. The Morgan fingerprint density at radius 2 is 1.83 bits per heavy atom. The van der Waals surface area contributed by atoms with Gasteiger partial charge in [-0.1, -0.05) is 0 Å². The second kappa shape index (κ2) is 8.11. The first-order valence-electron chi connectivity index (χ1n) is 8.64. The van der Waals surface area contributed by atoms with Gasteiger partial charge >= 0.3 is 0 Å². The summed E-state index contributed by atoms with van der Waals surface area (Å²) < 4.78 is 16.3. The molecule has 0 aliphatic carbocycles. The number of aromatic nitrogens is 3. The second-order valence-corrected chi connectivity index (χ2v) is 6.33. The van der Waals surface area contributed by atoms with E-state index in [0.29, 0.717) is 39.6 Å². The van der Waals surface area contributed by atoms with E-state index in [0.717, 1.165) is 11.3 Å². The van der Waals surface area contributed by atoms with Gasteiger partial charge in [0.2, 0.25) is 5.89 Å². The summed E-state index contributed by atoms with van der Waals surface area (Å²) in [5.41, 5.74) is 2.69. The fourth-order valence-electron chi connectivity index (χ4n) is 2.72. The van der Waals surface area contributed by atoms with Crippen molar-refractivity contribution in [3.05, 3.63) is 54.9 Å². The maximum absolute atomic E-state index is 5.75. The number of methoxy groups -OCH3 is 2. The summed E-state index contributed by atoms with van der Waals surface area (Å²) in [6, 6.07) is 12.7. The molecule has 0 saturated heterocycles. The van der Waals surface area contributed by atoms with Crippen molar-refractivity contribution in [1.82, 2.24) is 15.0 Å². The fourth-order valence-corrected chi connectivity index (χ4v) is 2.94. The molecule has 0 atom stereocenters. The highest BCUT2D eigenvalue weighted by atomic mass is 32.1. The third-order valence-corrected chi connectivity index (χ3v) is 4.26. The summed E-state index contributed by atoms with van der Waals surface area (Å²) in [6.45, 7) is 0. The topological polar surface area (TPSA) is 94.3 Å². The summed E-state index contributed by atoms with van der Waals surface area (Å²) in [5.74, 6) is 2.25. The van der Waals surface area contributed by atoms with E-state index < -0.39 is 0 Å². The van der Waals surface area contributed by atoms with Crippen LogP contribution in [0.2, 0.25) is 0 Å². The highest BCUT2D eigenvalue weighted by Gasteiger charge is 2.11. The number of hydrogen-bond acceptors (Lipinski definition) is 7. The van der Waals surface area contributed by atoms with Gasteiger partial charge in [0.15, 0.2) is 27.8 Å². The van der Waals surface area contributed by atoms with Crippen molar-refractivity contribution in [2.45, 2.75) is 0 Å². The summed E-state index contributed by atoms with van der Waals surface area (Å²) >= 11 is 5.39. The largest absolute Gasteiger partial charge is 0.493 e. The zero-order chi connectivity index (χ0) is 20.2. The number of pyridine rings is 2. The number of fused-ring (bicyclic) bond motifs is 1. The molecule has 0 spiro atoms. The molecular formula is C20H17N5O3S. The molecular weight excluding hydrogens is 390 g/mol. The van der Waals surface area contributed by atoms with Crippen LogP contribution in [0.25, 0.3) is 22.7 Å². The van der Waals surface area contributed by atoms with Crippen LogP contribution in [0.3, 0.4) is 0 Å². The maximum Gasteiger partial charge on any atom is 0.229 e. The van der Waals surface area contributed by atoms with Gasteiger partial charge in [-0.3, -0.25) is 0 Å². The molecule has 9 heteroatoms. The third-order valence-electron chi connectivity index (χ3n) is 4.05. The van der Waals surface area contributed by atoms with Gasteiger partial charge in [-0.2, -0.15) is 4.98 Å². The number of benzene rings is 1. The zero-order valence-electron chi connectivity index (χ0n) is 15.7. The Bertz CT molecular complexity index is 1140. The van der Waals surface area contributed by atoms with Crippen molar-refractivity contribution in [1.29, 1.82) is 0 Å². The van der Waals surface area contributed by atoms with Gasteiger partial charge in [0, 0.05) is 29.7 Å². The van der Waals surface area contributed by atoms with Crippen LogP contribution >= 0.6 is 12.2 Å². The van der Waals surface area contributed by atoms with Crippen LogP contribution in [0.5, 0.6) is 11.5 Å². The number of anilines is 2. The normalized spacial score (nSPS) is 10.6. The number of nitrogens with zero attached hydrogens (tertiary/aromatic N) is 3. The lowest BCUT2D eigenvalue weighted by Crippen LogP contribution is -2.19. The van der Waals surface area contributed by atoms with Crippen LogP contribution in [0, 0.1) is 0 Å². The van der Waals surface area contributed by atoms with Crippen molar-refractivity contribution in [2.75, 3.05) is 24.9 Å². The summed E-state index contributed by atoms with van der Waals surface area (Å²) in [6.07, 6.45) is 3.32. The van der Waals surface area contributed by atoms with E-state index in [4.69, 9.17) is 26.1 Å². The molecule has 0 aliphatic rings. The van der Waals surface area contributed by atoms with Crippen LogP contribution in [-0.4, -0.2) is 34.3 Å². The molecule has 8 nitrogen and oxygen atoms in total. The first-order chi connectivity index (χ1) is 14.2. The van der Waals surface area contributed by atoms with Crippen LogP contribution in [0.15, 0.2) is 59.3 Å². The van der Waals surface area contributed by atoms with E-state index in [1.165, 1.54) is 0 Å². The SMILES string of the molecule is COc1ccc(NC(=S)Nc2cc(-c3nc4ncccc4o3)ccn2)cc1OC. The molecule has 0 radical (unpaired) electrons. The van der Waals surface area contributed by atoms with Gasteiger partial charge in [0.05, 0.1) is 14.2 Å². The number of ether oxygens (including phenoxy) is 2. The third kappa shape index (κ3) is 4.09. The molecule has 4 rings (SSSR count). The van der Waals surface area contributed by atoms with E-state index in [2.05, 4.69) is 25.6 Å². The molecule has 29 heavy (non-hydrogen) atoms. The van der Waals surface area contributed by atoms with Crippen LogP contribution in [0.1, 0.15) is 0 Å². The molecule has 4 aromatic rings. The standard InChI is InChI=1S/C20H17N5O3S/c1-26-14-6-5-13(11-16(14)27-2)23-20(29)24-17-10-12(7-9-21-17)19-25-18-15(28-19)4-3-8-22-18/h3-11H,1-2H3,(H2,21,23,24,29). The van der Waals surface area contributed by atoms with Gasteiger partial charge in [0.25, 0.3) is 0 Å². The van der Waals surface area contributed by atoms with Gasteiger partial charge in [-0.05, 0) is 48.6 Å². The second-order valence-electron chi connectivity index (χ2n) is 5.92. The number of nitrogens with one attached hydrogen (secondary N) is 2. The molecule has 0 unspecified atom stereocenters. The van der Waals surface area contributed by atoms with Crippen molar-refractivity contribution in [3.63, 3.8) is 0 Å². The van der Waals surface area contributed by atoms with Crippen molar-refractivity contribution < 1.29 is 13.9 Å². The van der Waals surface area contributed by atoms with Crippen molar-refractivity contribution >= 4 is 40.1 Å². The minimum absolute atomic E-state index is 0.376. The van der Waals surface area contributed by atoms with Crippen molar-refractivity contribution in [2.24, 2.45) is 0 Å². The van der Waals surface area contributed by atoms with Crippen LogP contribution in [-0.2, 0) is 0 Å². The Morgan fingerprint density at radius 1 is 0.966 bits per heavy atom. The number of rotatable bonds is 5. The molecule has 3 aromatic heterocycles.